The minimum atomic E-state index is -0.823. The second kappa shape index (κ2) is 5.85. The van der Waals surface area contributed by atoms with Gasteiger partial charge in [-0.15, -0.1) is 0 Å². The van der Waals surface area contributed by atoms with Crippen molar-refractivity contribution in [3.05, 3.63) is 0 Å². The Hall–Kier alpha value is -0.900. The van der Waals surface area contributed by atoms with Gasteiger partial charge in [-0.25, -0.2) is 0 Å². The van der Waals surface area contributed by atoms with E-state index in [1.54, 1.807) is 6.92 Å². The van der Waals surface area contributed by atoms with Crippen molar-refractivity contribution < 1.29 is 14.7 Å². The number of aliphatic carboxylic acids is 1. The topological polar surface area (TPSA) is 57.6 Å². The standard InChI is InChI=1S/C11H21NO3/c1-7(2)12(9(4)10(5)13)6-8(3)11(14)15/h7-9H,6H2,1-5H3,(H,14,15). The third-order valence-electron chi connectivity index (χ3n) is 2.66. The van der Waals surface area contributed by atoms with Crippen molar-refractivity contribution in [2.24, 2.45) is 5.92 Å². The van der Waals surface area contributed by atoms with Gasteiger partial charge in [-0.3, -0.25) is 14.5 Å². The van der Waals surface area contributed by atoms with Crippen molar-refractivity contribution in [3.63, 3.8) is 0 Å². The van der Waals surface area contributed by atoms with Crippen molar-refractivity contribution >= 4 is 11.8 Å². The van der Waals surface area contributed by atoms with E-state index in [0.717, 1.165) is 0 Å². The highest BCUT2D eigenvalue weighted by Gasteiger charge is 2.24. The number of nitrogens with zero attached hydrogens (tertiary/aromatic N) is 1. The highest BCUT2D eigenvalue weighted by atomic mass is 16.4. The van der Waals surface area contributed by atoms with Crippen LogP contribution in [-0.2, 0) is 9.59 Å². The number of hydrogen-bond acceptors (Lipinski definition) is 3. The zero-order valence-corrected chi connectivity index (χ0v) is 10.2. The Labute approximate surface area is 91.3 Å². The fourth-order valence-electron chi connectivity index (χ4n) is 1.44. The lowest BCUT2D eigenvalue weighted by molar-refractivity contribution is -0.142. The molecule has 0 rings (SSSR count). The minimum absolute atomic E-state index is 0.0706. The van der Waals surface area contributed by atoms with E-state index in [1.165, 1.54) is 6.92 Å². The molecule has 1 N–H and O–H groups in total. The van der Waals surface area contributed by atoms with Crippen molar-refractivity contribution in [3.8, 4) is 0 Å². The first-order valence-corrected chi connectivity index (χ1v) is 5.26. The van der Waals surface area contributed by atoms with Crippen LogP contribution in [0.3, 0.4) is 0 Å². The maximum Gasteiger partial charge on any atom is 0.307 e. The van der Waals surface area contributed by atoms with Crippen LogP contribution in [0.4, 0.5) is 0 Å². The van der Waals surface area contributed by atoms with Crippen LogP contribution < -0.4 is 0 Å². The maximum absolute atomic E-state index is 11.3. The number of ketones is 1. The van der Waals surface area contributed by atoms with Gasteiger partial charge in [0.05, 0.1) is 12.0 Å². The number of carbonyl (C=O) groups excluding carboxylic acids is 1. The molecule has 0 aliphatic heterocycles. The summed E-state index contributed by atoms with van der Waals surface area (Å²) in [4.78, 5) is 23.9. The summed E-state index contributed by atoms with van der Waals surface area (Å²) in [6.45, 7) is 9.35. The molecule has 0 bridgehead atoms. The third-order valence-corrected chi connectivity index (χ3v) is 2.66. The summed E-state index contributed by atoms with van der Waals surface area (Å²) in [5, 5.41) is 8.82. The molecule has 2 unspecified atom stereocenters. The molecule has 0 aromatic carbocycles. The van der Waals surface area contributed by atoms with Crippen LogP contribution in [-0.4, -0.2) is 40.4 Å². The van der Waals surface area contributed by atoms with Gasteiger partial charge in [-0.05, 0) is 27.7 Å². The predicted octanol–water partition coefficient (Wildman–Crippen LogP) is 1.40. The van der Waals surface area contributed by atoms with Gasteiger partial charge in [0.2, 0.25) is 0 Å². The zero-order valence-electron chi connectivity index (χ0n) is 10.2. The second-order valence-corrected chi connectivity index (χ2v) is 4.32. The summed E-state index contributed by atoms with van der Waals surface area (Å²) >= 11 is 0. The van der Waals surface area contributed by atoms with Crippen LogP contribution in [0.15, 0.2) is 0 Å². The number of Topliss-reactive ketones (excluding diaryl/α,β-unsaturated/α-hetero) is 1. The van der Waals surface area contributed by atoms with Gasteiger partial charge >= 0.3 is 5.97 Å². The van der Waals surface area contributed by atoms with Gasteiger partial charge in [-0.1, -0.05) is 6.92 Å². The molecule has 15 heavy (non-hydrogen) atoms. The first kappa shape index (κ1) is 14.1. The first-order chi connectivity index (χ1) is 6.77. The normalized spacial score (nSPS) is 15.4. The predicted molar refractivity (Wildman–Crippen MR) is 58.8 cm³/mol. The molecule has 4 heteroatoms. The highest BCUT2D eigenvalue weighted by Crippen LogP contribution is 2.10. The smallest absolute Gasteiger partial charge is 0.307 e. The SMILES string of the molecule is CC(=O)C(C)N(CC(C)C(=O)O)C(C)C. The fourth-order valence-corrected chi connectivity index (χ4v) is 1.44. The summed E-state index contributed by atoms with van der Waals surface area (Å²) in [6.07, 6.45) is 0. The average molecular weight is 215 g/mol. The van der Waals surface area contributed by atoms with E-state index >= 15 is 0 Å². The molecule has 0 aliphatic carbocycles. The molecule has 0 saturated heterocycles. The van der Waals surface area contributed by atoms with Crippen molar-refractivity contribution in [1.29, 1.82) is 0 Å². The van der Waals surface area contributed by atoms with Crippen LogP contribution in [0, 0.1) is 5.92 Å². The van der Waals surface area contributed by atoms with E-state index < -0.39 is 11.9 Å². The molecule has 0 fully saturated rings. The van der Waals surface area contributed by atoms with Gasteiger partial charge in [0.1, 0.15) is 5.78 Å². The summed E-state index contributed by atoms with van der Waals surface area (Å²) < 4.78 is 0. The van der Waals surface area contributed by atoms with Crippen LogP contribution in [0.5, 0.6) is 0 Å². The van der Waals surface area contributed by atoms with E-state index in [1.807, 2.05) is 25.7 Å². The van der Waals surface area contributed by atoms with Gasteiger partial charge < -0.3 is 5.11 Å². The number of carboxylic acids is 1. The lowest BCUT2D eigenvalue weighted by atomic mass is 10.1. The molecule has 0 saturated carbocycles. The van der Waals surface area contributed by atoms with E-state index in [9.17, 15) is 9.59 Å². The van der Waals surface area contributed by atoms with Crippen molar-refractivity contribution in [2.45, 2.75) is 46.7 Å². The highest BCUT2D eigenvalue weighted by molar-refractivity contribution is 5.81. The third kappa shape index (κ3) is 4.42. The van der Waals surface area contributed by atoms with Crippen LogP contribution in [0.2, 0.25) is 0 Å². The molecule has 0 aliphatic rings. The lowest BCUT2D eigenvalue weighted by Crippen LogP contribution is -2.45. The van der Waals surface area contributed by atoms with E-state index in [-0.39, 0.29) is 17.9 Å². The summed E-state index contributed by atoms with van der Waals surface area (Å²) in [5.74, 6) is -1.20. The zero-order chi connectivity index (χ0) is 12.2. The molecule has 88 valence electrons. The Morgan fingerprint density at radius 3 is 1.93 bits per heavy atom. The second-order valence-electron chi connectivity index (χ2n) is 4.32. The average Bonchev–Trinajstić information content (AvgIpc) is 2.11. The largest absolute Gasteiger partial charge is 0.481 e. The van der Waals surface area contributed by atoms with Gasteiger partial charge in [0.15, 0.2) is 0 Å². The Kier molecular flexibility index (Phi) is 5.50. The van der Waals surface area contributed by atoms with Gasteiger partial charge in [0.25, 0.3) is 0 Å². The first-order valence-electron chi connectivity index (χ1n) is 5.26. The molecule has 0 spiro atoms. The molecule has 0 aromatic rings. The monoisotopic (exact) mass is 215 g/mol. The number of carbonyl (C=O) groups is 2. The van der Waals surface area contributed by atoms with Crippen molar-refractivity contribution in [1.82, 2.24) is 4.90 Å². The molecular formula is C11H21NO3. The molecule has 0 heterocycles. The molecule has 2 atom stereocenters. The van der Waals surface area contributed by atoms with Crippen LogP contribution in [0.1, 0.15) is 34.6 Å². The Balaban J connectivity index is 4.54. The Morgan fingerprint density at radius 1 is 1.20 bits per heavy atom. The Bertz CT molecular complexity index is 238. The summed E-state index contributed by atoms with van der Waals surface area (Å²) in [6, 6.07) is -0.0440. The molecule has 0 aromatic heterocycles. The van der Waals surface area contributed by atoms with Gasteiger partial charge in [-0.2, -0.15) is 0 Å². The van der Waals surface area contributed by atoms with Crippen molar-refractivity contribution in [2.75, 3.05) is 6.54 Å². The molecule has 0 radical (unpaired) electrons. The maximum atomic E-state index is 11.3. The molecule has 0 amide bonds. The minimum Gasteiger partial charge on any atom is -0.481 e. The van der Waals surface area contributed by atoms with Gasteiger partial charge in [0, 0.05) is 12.6 Å². The molecule has 4 nitrogen and oxygen atoms in total. The number of hydrogen-bond donors (Lipinski definition) is 1. The van der Waals surface area contributed by atoms with Crippen LogP contribution in [0.25, 0.3) is 0 Å². The summed E-state index contributed by atoms with van der Waals surface area (Å²) in [7, 11) is 0. The van der Waals surface area contributed by atoms with Crippen LogP contribution >= 0.6 is 0 Å². The van der Waals surface area contributed by atoms with E-state index in [2.05, 4.69) is 0 Å². The molecular weight excluding hydrogens is 194 g/mol. The fraction of sp³-hybridized carbons (Fsp3) is 0.818. The Morgan fingerprint density at radius 2 is 1.67 bits per heavy atom. The summed E-state index contributed by atoms with van der Waals surface area (Å²) in [5.41, 5.74) is 0. The number of rotatable bonds is 6. The lowest BCUT2D eigenvalue weighted by Gasteiger charge is -2.32. The van der Waals surface area contributed by atoms with E-state index in [0.29, 0.717) is 6.54 Å². The quantitative estimate of drug-likeness (QED) is 0.727. The van der Waals surface area contributed by atoms with E-state index in [4.69, 9.17) is 5.11 Å². The number of carboxylic acid groups (broad SMARTS) is 1.